The third-order valence-corrected chi connectivity index (χ3v) is 2.39. The largest absolute Gasteiger partial charge is 0.384 e. The quantitative estimate of drug-likeness (QED) is 0.619. The summed E-state index contributed by atoms with van der Waals surface area (Å²) in [5.74, 6) is 0.109. The number of carbonyl (C=O) groups excluding carboxylic acids is 1. The van der Waals surface area contributed by atoms with Gasteiger partial charge in [0.1, 0.15) is 0 Å². The molecule has 0 atom stereocenters. The van der Waals surface area contributed by atoms with Crippen molar-refractivity contribution in [2.45, 2.75) is 13.8 Å². The number of amides is 1. The third kappa shape index (κ3) is 3.44. The lowest BCUT2D eigenvalue weighted by atomic mass is 10.1. The SMILES string of the molecule is CNC(=O)c1ccc([N+](=O)[O-])cc1NCC(C)C. The highest BCUT2D eigenvalue weighted by atomic mass is 16.6. The van der Waals surface area contributed by atoms with Crippen molar-refractivity contribution in [1.82, 2.24) is 5.32 Å². The Kier molecular flexibility index (Phi) is 4.65. The van der Waals surface area contributed by atoms with Crippen LogP contribution in [0.25, 0.3) is 0 Å². The maximum Gasteiger partial charge on any atom is 0.271 e. The van der Waals surface area contributed by atoms with E-state index in [9.17, 15) is 14.9 Å². The van der Waals surface area contributed by atoms with Crippen LogP contribution in [0, 0.1) is 16.0 Å². The first-order valence-corrected chi connectivity index (χ1v) is 5.70. The molecule has 0 aliphatic heterocycles. The van der Waals surface area contributed by atoms with E-state index in [1.165, 1.54) is 25.2 Å². The molecule has 18 heavy (non-hydrogen) atoms. The van der Waals surface area contributed by atoms with E-state index in [0.717, 1.165) is 0 Å². The first-order chi connectivity index (χ1) is 8.45. The fourth-order valence-electron chi connectivity index (χ4n) is 1.44. The minimum Gasteiger partial charge on any atom is -0.384 e. The number of nitrogens with one attached hydrogen (secondary N) is 2. The highest BCUT2D eigenvalue weighted by Crippen LogP contribution is 2.22. The van der Waals surface area contributed by atoms with E-state index in [1.54, 1.807) is 0 Å². The lowest BCUT2D eigenvalue weighted by molar-refractivity contribution is -0.384. The molecule has 1 rings (SSSR count). The van der Waals surface area contributed by atoms with Gasteiger partial charge in [0, 0.05) is 25.7 Å². The van der Waals surface area contributed by atoms with Crippen molar-refractivity contribution in [1.29, 1.82) is 0 Å². The first-order valence-electron chi connectivity index (χ1n) is 5.70. The number of hydrogen-bond acceptors (Lipinski definition) is 4. The highest BCUT2D eigenvalue weighted by Gasteiger charge is 2.15. The van der Waals surface area contributed by atoms with Crippen LogP contribution in [0.4, 0.5) is 11.4 Å². The van der Waals surface area contributed by atoms with Crippen LogP contribution in [0.3, 0.4) is 0 Å². The second kappa shape index (κ2) is 6.00. The summed E-state index contributed by atoms with van der Waals surface area (Å²) in [4.78, 5) is 21.9. The third-order valence-electron chi connectivity index (χ3n) is 2.39. The Morgan fingerprint density at radius 1 is 1.44 bits per heavy atom. The average molecular weight is 251 g/mol. The van der Waals surface area contributed by atoms with E-state index in [-0.39, 0.29) is 11.6 Å². The maximum absolute atomic E-state index is 11.6. The number of nitrogens with zero attached hydrogens (tertiary/aromatic N) is 1. The lowest BCUT2D eigenvalue weighted by Crippen LogP contribution is -2.20. The van der Waals surface area contributed by atoms with Crippen molar-refractivity contribution in [3.63, 3.8) is 0 Å². The molecule has 0 aromatic heterocycles. The molecular weight excluding hydrogens is 234 g/mol. The van der Waals surface area contributed by atoms with E-state index < -0.39 is 4.92 Å². The summed E-state index contributed by atoms with van der Waals surface area (Å²) in [7, 11) is 1.52. The summed E-state index contributed by atoms with van der Waals surface area (Å²) in [5, 5.41) is 16.3. The van der Waals surface area contributed by atoms with Gasteiger partial charge in [0.15, 0.2) is 0 Å². The normalized spacial score (nSPS) is 10.2. The Balaban J connectivity index is 3.09. The van der Waals surface area contributed by atoms with E-state index in [2.05, 4.69) is 10.6 Å². The predicted octanol–water partition coefficient (Wildman–Crippen LogP) is 2.02. The van der Waals surface area contributed by atoms with Crippen LogP contribution in [0.1, 0.15) is 24.2 Å². The summed E-state index contributed by atoms with van der Waals surface area (Å²) in [6.45, 7) is 4.68. The molecule has 0 aliphatic rings. The topological polar surface area (TPSA) is 84.3 Å². The van der Waals surface area contributed by atoms with E-state index in [0.29, 0.717) is 23.7 Å². The minimum absolute atomic E-state index is 0.0334. The predicted molar refractivity (Wildman–Crippen MR) is 69.8 cm³/mol. The molecule has 1 aromatic rings. The average Bonchev–Trinajstić information content (AvgIpc) is 2.34. The zero-order valence-electron chi connectivity index (χ0n) is 10.7. The van der Waals surface area contributed by atoms with Gasteiger partial charge in [0.2, 0.25) is 0 Å². The fourth-order valence-corrected chi connectivity index (χ4v) is 1.44. The molecule has 0 saturated heterocycles. The Hall–Kier alpha value is -2.11. The monoisotopic (exact) mass is 251 g/mol. The van der Waals surface area contributed by atoms with Gasteiger partial charge >= 0.3 is 0 Å². The zero-order valence-corrected chi connectivity index (χ0v) is 10.7. The lowest BCUT2D eigenvalue weighted by Gasteiger charge is -2.12. The molecule has 0 radical (unpaired) electrons. The molecule has 6 nitrogen and oxygen atoms in total. The number of anilines is 1. The highest BCUT2D eigenvalue weighted by molar-refractivity contribution is 5.99. The van der Waals surface area contributed by atoms with Crippen LogP contribution in [0.15, 0.2) is 18.2 Å². The summed E-state index contributed by atoms with van der Waals surface area (Å²) in [6.07, 6.45) is 0. The molecule has 0 saturated carbocycles. The van der Waals surface area contributed by atoms with E-state index in [1.807, 2.05) is 13.8 Å². The molecule has 98 valence electrons. The summed E-state index contributed by atoms with van der Waals surface area (Å²) >= 11 is 0. The molecule has 0 aliphatic carbocycles. The number of hydrogen-bond donors (Lipinski definition) is 2. The molecule has 0 heterocycles. The molecule has 0 bridgehead atoms. The fraction of sp³-hybridized carbons (Fsp3) is 0.417. The van der Waals surface area contributed by atoms with Gasteiger partial charge in [-0.05, 0) is 12.0 Å². The van der Waals surface area contributed by atoms with Gasteiger partial charge in [-0.25, -0.2) is 0 Å². The Morgan fingerprint density at radius 2 is 2.11 bits per heavy atom. The number of carbonyl (C=O) groups is 1. The number of nitro groups is 1. The summed E-state index contributed by atoms with van der Waals surface area (Å²) in [6, 6.07) is 4.16. The minimum atomic E-state index is -0.478. The van der Waals surface area contributed by atoms with Gasteiger partial charge in [-0.1, -0.05) is 13.8 Å². The zero-order chi connectivity index (χ0) is 13.7. The molecule has 0 fully saturated rings. The van der Waals surface area contributed by atoms with Gasteiger partial charge in [-0.15, -0.1) is 0 Å². The first kappa shape index (κ1) is 14.0. The van der Waals surface area contributed by atoms with Crippen LogP contribution >= 0.6 is 0 Å². The van der Waals surface area contributed by atoms with Gasteiger partial charge in [-0.2, -0.15) is 0 Å². The molecule has 6 heteroatoms. The van der Waals surface area contributed by atoms with Crippen molar-refractivity contribution >= 4 is 17.3 Å². The molecule has 0 unspecified atom stereocenters. The van der Waals surface area contributed by atoms with Crippen molar-refractivity contribution in [2.75, 3.05) is 18.9 Å². The van der Waals surface area contributed by atoms with Crippen LogP contribution in [0.2, 0.25) is 0 Å². The maximum atomic E-state index is 11.6. The molecular formula is C12H17N3O3. The van der Waals surface area contributed by atoms with Crippen molar-refractivity contribution in [3.8, 4) is 0 Å². The van der Waals surface area contributed by atoms with Gasteiger partial charge < -0.3 is 10.6 Å². The number of nitro benzene ring substituents is 1. The number of rotatable bonds is 5. The molecule has 1 amide bonds. The number of non-ortho nitro benzene ring substituents is 1. The van der Waals surface area contributed by atoms with Crippen molar-refractivity contribution < 1.29 is 9.72 Å². The van der Waals surface area contributed by atoms with Crippen LogP contribution in [-0.4, -0.2) is 24.4 Å². The van der Waals surface area contributed by atoms with Crippen LogP contribution in [0.5, 0.6) is 0 Å². The number of benzene rings is 1. The molecule has 1 aromatic carbocycles. The van der Waals surface area contributed by atoms with Gasteiger partial charge in [0.05, 0.1) is 16.2 Å². The standard InChI is InChI=1S/C12H17N3O3/c1-8(2)7-14-11-6-9(15(17)18)4-5-10(11)12(16)13-3/h4-6,8,14H,7H2,1-3H3,(H,13,16). The van der Waals surface area contributed by atoms with Crippen LogP contribution in [-0.2, 0) is 0 Å². The second-order valence-electron chi connectivity index (χ2n) is 4.34. The Bertz CT molecular complexity index is 458. The Labute approximate surface area is 106 Å². The van der Waals surface area contributed by atoms with Crippen LogP contribution < -0.4 is 10.6 Å². The smallest absolute Gasteiger partial charge is 0.271 e. The molecule has 2 N–H and O–H groups in total. The summed E-state index contributed by atoms with van der Waals surface area (Å²) < 4.78 is 0. The Morgan fingerprint density at radius 3 is 2.61 bits per heavy atom. The van der Waals surface area contributed by atoms with Gasteiger partial charge in [0.25, 0.3) is 11.6 Å². The van der Waals surface area contributed by atoms with Gasteiger partial charge in [-0.3, -0.25) is 14.9 Å². The second-order valence-corrected chi connectivity index (χ2v) is 4.34. The van der Waals surface area contributed by atoms with Crippen molar-refractivity contribution in [2.24, 2.45) is 5.92 Å². The van der Waals surface area contributed by atoms with E-state index in [4.69, 9.17) is 0 Å². The van der Waals surface area contributed by atoms with Crippen molar-refractivity contribution in [3.05, 3.63) is 33.9 Å². The molecule has 0 spiro atoms. The summed E-state index contributed by atoms with van der Waals surface area (Å²) in [5.41, 5.74) is 0.856. The van der Waals surface area contributed by atoms with E-state index >= 15 is 0 Å².